The Morgan fingerprint density at radius 2 is 2.29 bits per heavy atom. The molecular weight excluding hydrogens is 216 g/mol. The number of benzene rings is 1. The van der Waals surface area contributed by atoms with Gasteiger partial charge < -0.3 is 15.8 Å². The third kappa shape index (κ3) is 3.75. The van der Waals surface area contributed by atoms with Gasteiger partial charge >= 0.3 is 0 Å². The van der Waals surface area contributed by atoms with Gasteiger partial charge in [-0.1, -0.05) is 6.07 Å². The number of nitrogens with one attached hydrogen (secondary N) is 1. The summed E-state index contributed by atoms with van der Waals surface area (Å²) >= 11 is 0. The molecule has 0 atom stereocenters. The number of amides is 1. The molecule has 0 aliphatic heterocycles. The first kappa shape index (κ1) is 11.9. The molecule has 4 nitrogen and oxygen atoms in total. The van der Waals surface area contributed by atoms with Crippen LogP contribution in [-0.4, -0.2) is 25.1 Å². The van der Waals surface area contributed by atoms with Crippen molar-refractivity contribution in [3.63, 3.8) is 0 Å². The van der Waals surface area contributed by atoms with Crippen LogP contribution in [0.1, 0.15) is 29.6 Å². The smallest absolute Gasteiger partial charge is 0.251 e. The predicted molar refractivity (Wildman–Crippen MR) is 66.1 cm³/mol. The van der Waals surface area contributed by atoms with E-state index < -0.39 is 0 Å². The molecule has 0 heterocycles. The Morgan fingerprint density at radius 3 is 3.00 bits per heavy atom. The number of hydrogen-bond donors (Lipinski definition) is 2. The third-order valence-electron chi connectivity index (χ3n) is 2.63. The zero-order chi connectivity index (χ0) is 12.1. The van der Waals surface area contributed by atoms with Crippen molar-refractivity contribution in [1.82, 2.24) is 5.32 Å². The molecule has 1 fully saturated rings. The van der Waals surface area contributed by atoms with Crippen LogP contribution in [0.2, 0.25) is 0 Å². The Kier molecular flexibility index (Phi) is 3.98. The van der Waals surface area contributed by atoms with Crippen LogP contribution in [0.15, 0.2) is 24.3 Å². The summed E-state index contributed by atoms with van der Waals surface area (Å²) in [7, 11) is 0. The number of carbonyl (C=O) groups excluding carboxylic acids is 1. The van der Waals surface area contributed by atoms with Crippen LogP contribution < -0.4 is 15.8 Å². The molecule has 92 valence electrons. The van der Waals surface area contributed by atoms with Crippen molar-refractivity contribution >= 4 is 5.91 Å². The van der Waals surface area contributed by atoms with E-state index in [4.69, 9.17) is 10.5 Å². The van der Waals surface area contributed by atoms with Crippen LogP contribution in [0.3, 0.4) is 0 Å². The highest BCUT2D eigenvalue weighted by atomic mass is 16.5. The predicted octanol–water partition coefficient (Wildman–Crippen LogP) is 1.31. The highest BCUT2D eigenvalue weighted by Gasteiger charge is 2.23. The molecule has 2 rings (SSSR count). The maximum Gasteiger partial charge on any atom is 0.251 e. The van der Waals surface area contributed by atoms with Crippen molar-refractivity contribution in [2.24, 2.45) is 5.73 Å². The molecule has 0 spiro atoms. The zero-order valence-corrected chi connectivity index (χ0v) is 9.82. The van der Waals surface area contributed by atoms with E-state index in [2.05, 4.69) is 5.32 Å². The lowest BCUT2D eigenvalue weighted by atomic mass is 10.2. The molecule has 4 heteroatoms. The van der Waals surface area contributed by atoms with E-state index in [1.807, 2.05) is 12.1 Å². The Balaban J connectivity index is 1.92. The van der Waals surface area contributed by atoms with Crippen LogP contribution in [-0.2, 0) is 0 Å². The van der Waals surface area contributed by atoms with Crippen LogP contribution >= 0.6 is 0 Å². The minimum atomic E-state index is -0.0169. The Labute approximate surface area is 101 Å². The molecule has 0 saturated heterocycles. The molecule has 1 aromatic carbocycles. The fourth-order valence-electron chi connectivity index (χ4n) is 1.50. The van der Waals surface area contributed by atoms with Crippen LogP contribution in [0.5, 0.6) is 5.75 Å². The summed E-state index contributed by atoms with van der Waals surface area (Å²) in [5, 5.41) is 2.95. The minimum absolute atomic E-state index is 0.0169. The van der Waals surface area contributed by atoms with Crippen molar-refractivity contribution in [3.8, 4) is 5.75 Å². The molecule has 1 aliphatic rings. The Hall–Kier alpha value is -1.55. The van der Waals surface area contributed by atoms with Crippen molar-refractivity contribution in [1.29, 1.82) is 0 Å². The van der Waals surface area contributed by atoms with Crippen molar-refractivity contribution in [2.75, 3.05) is 13.2 Å². The summed E-state index contributed by atoms with van der Waals surface area (Å²) in [5.74, 6) is 0.707. The van der Waals surface area contributed by atoms with E-state index in [-0.39, 0.29) is 5.91 Å². The summed E-state index contributed by atoms with van der Waals surface area (Å²) in [6.45, 7) is 1.20. The first-order valence-corrected chi connectivity index (χ1v) is 6.03. The first-order chi connectivity index (χ1) is 8.29. The summed E-state index contributed by atoms with van der Waals surface area (Å²) < 4.78 is 5.50. The minimum Gasteiger partial charge on any atom is -0.494 e. The van der Waals surface area contributed by atoms with Gasteiger partial charge in [-0.2, -0.15) is 0 Å². The van der Waals surface area contributed by atoms with Crippen molar-refractivity contribution in [3.05, 3.63) is 29.8 Å². The number of nitrogens with two attached hydrogens (primary N) is 1. The number of hydrogen-bond acceptors (Lipinski definition) is 3. The lowest BCUT2D eigenvalue weighted by Crippen LogP contribution is -2.25. The molecule has 1 aromatic rings. The monoisotopic (exact) mass is 234 g/mol. The second-order valence-electron chi connectivity index (χ2n) is 4.27. The molecule has 17 heavy (non-hydrogen) atoms. The van der Waals surface area contributed by atoms with Crippen molar-refractivity contribution in [2.45, 2.75) is 25.3 Å². The summed E-state index contributed by atoms with van der Waals surface area (Å²) in [6.07, 6.45) is 3.01. The second kappa shape index (κ2) is 5.68. The molecular formula is C13H18N2O2. The largest absolute Gasteiger partial charge is 0.494 e. The Bertz CT molecular complexity index is 389. The number of rotatable bonds is 6. The molecule has 1 amide bonds. The van der Waals surface area contributed by atoms with Gasteiger partial charge in [0, 0.05) is 11.6 Å². The van der Waals surface area contributed by atoms with Gasteiger partial charge in [-0.15, -0.1) is 0 Å². The SMILES string of the molecule is NCCCOc1cccc(C(=O)NC2CC2)c1. The molecule has 0 unspecified atom stereocenters. The molecule has 0 aromatic heterocycles. The van der Waals surface area contributed by atoms with Gasteiger partial charge in [0.25, 0.3) is 5.91 Å². The zero-order valence-electron chi connectivity index (χ0n) is 9.82. The number of carbonyl (C=O) groups is 1. The molecule has 3 N–H and O–H groups in total. The summed E-state index contributed by atoms with van der Waals surface area (Å²) in [4.78, 5) is 11.8. The van der Waals surface area contributed by atoms with Gasteiger partial charge in [0.05, 0.1) is 6.61 Å². The van der Waals surface area contributed by atoms with Crippen LogP contribution in [0, 0.1) is 0 Å². The van der Waals surface area contributed by atoms with Crippen molar-refractivity contribution < 1.29 is 9.53 Å². The average molecular weight is 234 g/mol. The third-order valence-corrected chi connectivity index (χ3v) is 2.63. The van der Waals surface area contributed by atoms with Gasteiger partial charge in [0.15, 0.2) is 0 Å². The van der Waals surface area contributed by atoms with Gasteiger partial charge in [-0.3, -0.25) is 4.79 Å². The molecule has 1 saturated carbocycles. The second-order valence-corrected chi connectivity index (χ2v) is 4.27. The molecule has 1 aliphatic carbocycles. The standard InChI is InChI=1S/C13H18N2O2/c14-7-2-8-17-12-4-1-3-10(9-12)13(16)15-11-5-6-11/h1,3-4,9,11H,2,5-8,14H2,(H,15,16). The average Bonchev–Trinajstić information content (AvgIpc) is 3.14. The lowest BCUT2D eigenvalue weighted by Gasteiger charge is -2.07. The number of ether oxygens (including phenoxy) is 1. The Morgan fingerprint density at radius 1 is 1.47 bits per heavy atom. The van der Waals surface area contributed by atoms with E-state index in [9.17, 15) is 4.79 Å². The van der Waals surface area contributed by atoms with Crippen LogP contribution in [0.4, 0.5) is 0 Å². The molecule has 0 bridgehead atoms. The topological polar surface area (TPSA) is 64.3 Å². The fourth-order valence-corrected chi connectivity index (χ4v) is 1.50. The van der Waals surface area contributed by atoms with Gasteiger partial charge in [-0.05, 0) is 44.0 Å². The van der Waals surface area contributed by atoms with Gasteiger partial charge in [0.1, 0.15) is 5.75 Å². The molecule has 0 radical (unpaired) electrons. The quantitative estimate of drug-likeness (QED) is 0.729. The van der Waals surface area contributed by atoms with Gasteiger partial charge in [0.2, 0.25) is 0 Å². The maximum atomic E-state index is 11.8. The maximum absolute atomic E-state index is 11.8. The lowest BCUT2D eigenvalue weighted by molar-refractivity contribution is 0.0950. The fraction of sp³-hybridized carbons (Fsp3) is 0.462. The summed E-state index contributed by atoms with van der Waals surface area (Å²) in [5.41, 5.74) is 6.04. The highest BCUT2D eigenvalue weighted by molar-refractivity contribution is 5.94. The van der Waals surface area contributed by atoms with E-state index in [1.54, 1.807) is 12.1 Å². The van der Waals surface area contributed by atoms with E-state index in [1.165, 1.54) is 0 Å². The van der Waals surface area contributed by atoms with Crippen LogP contribution in [0.25, 0.3) is 0 Å². The van der Waals surface area contributed by atoms with E-state index >= 15 is 0 Å². The van der Waals surface area contributed by atoms with Gasteiger partial charge in [-0.25, -0.2) is 0 Å². The summed E-state index contributed by atoms with van der Waals surface area (Å²) in [6, 6.07) is 7.63. The van der Waals surface area contributed by atoms with E-state index in [0.29, 0.717) is 24.8 Å². The first-order valence-electron chi connectivity index (χ1n) is 6.03. The van der Waals surface area contributed by atoms with E-state index in [0.717, 1.165) is 25.0 Å². The normalized spacial score (nSPS) is 14.4. The highest BCUT2D eigenvalue weighted by Crippen LogP contribution is 2.20.